The molecule has 0 amide bonds. The fourth-order valence-corrected chi connectivity index (χ4v) is 11.6. The first-order chi connectivity index (χ1) is 15.9. The zero-order valence-electron chi connectivity index (χ0n) is 19.7. The molecule has 2 unspecified atom stereocenters. The van der Waals surface area contributed by atoms with E-state index in [-0.39, 0.29) is 0 Å². The van der Waals surface area contributed by atoms with Crippen molar-refractivity contribution in [1.82, 2.24) is 4.57 Å². The molecular weight excluding hydrogens is 494 g/mol. The van der Waals surface area contributed by atoms with Gasteiger partial charge in [-0.05, 0) is 30.2 Å². The molecule has 1 aromatic heterocycles. The summed E-state index contributed by atoms with van der Waals surface area (Å²) in [5.74, 6) is 0. The molecule has 8 rings (SSSR count). The first-order valence-corrected chi connectivity index (χ1v) is 16.3. The molecule has 0 radical (unpaired) electrons. The second kappa shape index (κ2) is 7.65. The summed E-state index contributed by atoms with van der Waals surface area (Å²) < 4.78 is 2.96. The molecule has 4 aliphatic rings. The number of aromatic nitrogens is 1. The molecular formula is C30H28NSiZr. The number of rotatable bonds is 1. The maximum atomic E-state index is 2.51. The van der Waals surface area contributed by atoms with E-state index < -0.39 is 8.07 Å². The van der Waals surface area contributed by atoms with E-state index in [1.54, 1.807) is 41.1 Å². The average molecular weight is 522 g/mol. The van der Waals surface area contributed by atoms with Crippen molar-refractivity contribution in [3.8, 4) is 5.69 Å². The summed E-state index contributed by atoms with van der Waals surface area (Å²) in [7, 11) is -1.12. The standard InChI is InChI=1S/C16H17NSi.C14H11.Zr/c1-11-15-13-9-17(12-7-5-4-6-8-12)10-14(13)16(11)18(15,2)3;1-10-8-12-7-6-11-4-2-3-5-13(11)14(12)9-10;/h4-10,15H,1-3H3;2-9H,1H3;. The fourth-order valence-electron chi connectivity index (χ4n) is 6.38. The first-order valence-electron chi connectivity index (χ1n) is 11.8. The van der Waals surface area contributed by atoms with Crippen LogP contribution in [0, 0.1) is 0 Å². The molecule has 3 aromatic carbocycles. The van der Waals surface area contributed by atoms with Crippen LogP contribution in [-0.4, -0.2) is 12.6 Å². The van der Waals surface area contributed by atoms with E-state index in [0.29, 0.717) is 3.63 Å². The van der Waals surface area contributed by atoms with E-state index in [9.17, 15) is 0 Å². The van der Waals surface area contributed by atoms with Crippen LogP contribution in [0.5, 0.6) is 0 Å². The van der Waals surface area contributed by atoms with Crippen molar-refractivity contribution in [2.24, 2.45) is 0 Å². The quantitative estimate of drug-likeness (QED) is 0.224. The van der Waals surface area contributed by atoms with Crippen molar-refractivity contribution in [2.75, 3.05) is 0 Å². The summed E-state index contributed by atoms with van der Waals surface area (Å²) in [6, 6.07) is 23.8. The summed E-state index contributed by atoms with van der Waals surface area (Å²) in [5, 5.41) is 4.47. The van der Waals surface area contributed by atoms with Crippen LogP contribution in [0.4, 0.5) is 0 Å². The van der Waals surface area contributed by atoms with Crippen molar-refractivity contribution in [3.05, 3.63) is 113 Å². The van der Waals surface area contributed by atoms with Gasteiger partial charge in [0.1, 0.15) is 0 Å². The van der Waals surface area contributed by atoms with E-state index in [4.69, 9.17) is 0 Å². The van der Waals surface area contributed by atoms with Crippen LogP contribution in [0.25, 0.3) is 27.7 Å². The number of hydrogen-bond donors (Lipinski definition) is 0. The van der Waals surface area contributed by atoms with Crippen LogP contribution in [-0.2, 0) is 24.7 Å². The van der Waals surface area contributed by atoms with E-state index >= 15 is 0 Å². The van der Waals surface area contributed by atoms with Gasteiger partial charge >= 0.3 is 105 Å². The molecule has 3 heteroatoms. The molecule has 0 saturated heterocycles. The SMILES string of the molecule is CC1=C2c3cn(-c4ccccc4)cc3C1[Si]2(C)C.CC1=Cc2c(ccc3ccccc23)[CH]1[Zr]. The molecule has 0 N–H and O–H groups in total. The van der Waals surface area contributed by atoms with E-state index in [0.717, 1.165) is 5.54 Å². The van der Waals surface area contributed by atoms with Crippen molar-refractivity contribution < 1.29 is 24.7 Å². The van der Waals surface area contributed by atoms with Gasteiger partial charge in [0, 0.05) is 23.6 Å². The molecule has 2 aliphatic heterocycles. The fraction of sp³-hybridized carbons (Fsp3) is 0.200. The summed E-state index contributed by atoms with van der Waals surface area (Å²) in [6.07, 6.45) is 7.05. The molecule has 4 aromatic rings. The minimum absolute atomic E-state index is 0.678. The van der Waals surface area contributed by atoms with Gasteiger partial charge < -0.3 is 4.57 Å². The number of fused-ring (bicyclic) bond motifs is 3. The number of benzene rings is 3. The Morgan fingerprint density at radius 1 is 0.818 bits per heavy atom. The summed E-state index contributed by atoms with van der Waals surface area (Å²) in [4.78, 5) is 0. The molecule has 0 saturated carbocycles. The van der Waals surface area contributed by atoms with Crippen LogP contribution in [0.1, 0.15) is 45.3 Å². The van der Waals surface area contributed by atoms with Crippen LogP contribution in [0.2, 0.25) is 13.1 Å². The Morgan fingerprint density at radius 3 is 2.27 bits per heavy atom. The third kappa shape index (κ3) is 3.12. The Kier molecular flexibility index (Phi) is 4.94. The molecule has 2 bridgehead atoms. The molecule has 2 atom stereocenters. The molecule has 2 aliphatic carbocycles. The Hall–Kier alpha value is -2.22. The minimum atomic E-state index is -1.12. The molecule has 1 nitrogen and oxygen atoms in total. The molecule has 161 valence electrons. The zero-order chi connectivity index (χ0) is 22.9. The van der Waals surface area contributed by atoms with Gasteiger partial charge in [0.05, 0.1) is 8.07 Å². The topological polar surface area (TPSA) is 4.93 Å². The van der Waals surface area contributed by atoms with Crippen molar-refractivity contribution in [1.29, 1.82) is 0 Å². The van der Waals surface area contributed by atoms with Crippen LogP contribution in [0.3, 0.4) is 0 Å². The number of para-hydroxylation sites is 1. The van der Waals surface area contributed by atoms with Crippen LogP contribution >= 0.6 is 0 Å². The first kappa shape index (κ1) is 21.3. The van der Waals surface area contributed by atoms with Gasteiger partial charge in [0.15, 0.2) is 0 Å². The Labute approximate surface area is 212 Å². The van der Waals surface area contributed by atoms with Gasteiger partial charge in [0.2, 0.25) is 0 Å². The van der Waals surface area contributed by atoms with Gasteiger partial charge in [0.25, 0.3) is 0 Å². The Bertz CT molecular complexity index is 1470. The van der Waals surface area contributed by atoms with E-state index in [2.05, 4.69) is 117 Å². The van der Waals surface area contributed by atoms with Crippen LogP contribution < -0.4 is 0 Å². The second-order valence-corrected chi connectivity index (χ2v) is 16.1. The Morgan fingerprint density at radius 2 is 1.55 bits per heavy atom. The Balaban J connectivity index is 0.000000127. The average Bonchev–Trinajstić information content (AvgIpc) is 3.49. The third-order valence-corrected chi connectivity index (χ3v) is 13.9. The molecule has 3 heterocycles. The van der Waals surface area contributed by atoms with Crippen molar-refractivity contribution >= 4 is 30.1 Å². The number of allylic oxidation sites excluding steroid dienone is 2. The zero-order valence-corrected chi connectivity index (χ0v) is 23.1. The van der Waals surface area contributed by atoms with E-state index in [1.165, 1.54) is 38.7 Å². The van der Waals surface area contributed by atoms with Gasteiger partial charge in [-0.3, -0.25) is 0 Å². The molecule has 0 spiro atoms. The van der Waals surface area contributed by atoms with Gasteiger partial charge in [-0.25, -0.2) is 0 Å². The monoisotopic (exact) mass is 520 g/mol. The van der Waals surface area contributed by atoms with Gasteiger partial charge in [-0.15, -0.1) is 0 Å². The maximum absolute atomic E-state index is 2.51. The van der Waals surface area contributed by atoms with Crippen molar-refractivity contribution in [3.63, 3.8) is 0 Å². The van der Waals surface area contributed by atoms with Gasteiger partial charge in [-0.2, -0.15) is 0 Å². The van der Waals surface area contributed by atoms with Crippen LogP contribution in [0.15, 0.2) is 90.3 Å². The third-order valence-electron chi connectivity index (χ3n) is 7.83. The van der Waals surface area contributed by atoms with Gasteiger partial charge in [-0.1, -0.05) is 42.1 Å². The second-order valence-electron chi connectivity index (χ2n) is 10.2. The summed E-state index contributed by atoms with van der Waals surface area (Å²) in [5.41, 5.74) is 11.3. The van der Waals surface area contributed by atoms with Crippen molar-refractivity contribution in [2.45, 2.75) is 36.1 Å². The number of hydrogen-bond acceptors (Lipinski definition) is 0. The van der Waals surface area contributed by atoms with E-state index in [1.807, 2.05) is 0 Å². The molecule has 33 heavy (non-hydrogen) atoms. The number of nitrogens with zero attached hydrogens (tertiary/aromatic N) is 1. The summed E-state index contributed by atoms with van der Waals surface area (Å²) in [6.45, 7) is 9.58. The normalized spacial score (nSPS) is 21.1. The predicted molar refractivity (Wildman–Crippen MR) is 139 cm³/mol. The molecule has 0 fully saturated rings. The predicted octanol–water partition coefficient (Wildman–Crippen LogP) is 7.99. The summed E-state index contributed by atoms with van der Waals surface area (Å²) >= 11 is 1.60.